The summed E-state index contributed by atoms with van der Waals surface area (Å²) in [5.74, 6) is -2.70. The van der Waals surface area contributed by atoms with Crippen LogP contribution in [0.4, 0.5) is 4.79 Å². The van der Waals surface area contributed by atoms with Gasteiger partial charge in [0.25, 0.3) is 0 Å². The molecule has 1 N–H and O–H groups in total. The second-order valence-corrected chi connectivity index (χ2v) is 11.2. The molecule has 36 heavy (non-hydrogen) atoms. The van der Waals surface area contributed by atoms with E-state index in [1.54, 1.807) is 0 Å². The van der Waals surface area contributed by atoms with Gasteiger partial charge in [0.15, 0.2) is 0 Å². The zero-order valence-electron chi connectivity index (χ0n) is 20.5. The second-order valence-electron chi connectivity index (χ2n) is 8.34. The van der Waals surface area contributed by atoms with E-state index in [9.17, 15) is 14.2 Å². The number of benzene rings is 3. The Morgan fingerprint density at radius 1 is 0.806 bits per heavy atom. The number of methoxy groups -OCH3 is 1. The van der Waals surface area contributed by atoms with E-state index in [-0.39, 0.29) is 19.2 Å². The van der Waals surface area contributed by atoms with E-state index in [0.717, 1.165) is 16.7 Å². The molecular formula is C28H32NO6P. The van der Waals surface area contributed by atoms with Gasteiger partial charge in [0.1, 0.15) is 12.4 Å². The SMILES string of the molecule is COC(=O)[C@@H](Cc1ccccc1)[C@H](NC(=O)OCc1ccccc1)P(=O)(CCc1ccccc1)OC. The molecule has 0 spiro atoms. The molecule has 3 atom stereocenters. The second kappa shape index (κ2) is 13.6. The van der Waals surface area contributed by atoms with Gasteiger partial charge in [-0.05, 0) is 29.5 Å². The number of aryl methyl sites for hydroxylation is 1. The van der Waals surface area contributed by atoms with Crippen LogP contribution >= 0.6 is 7.37 Å². The van der Waals surface area contributed by atoms with Crippen LogP contribution in [-0.2, 0) is 42.8 Å². The van der Waals surface area contributed by atoms with Crippen LogP contribution in [0.2, 0.25) is 0 Å². The van der Waals surface area contributed by atoms with Crippen molar-refractivity contribution in [2.24, 2.45) is 5.92 Å². The van der Waals surface area contributed by atoms with Crippen LogP contribution in [0.3, 0.4) is 0 Å². The van der Waals surface area contributed by atoms with Gasteiger partial charge in [-0.2, -0.15) is 0 Å². The largest absolute Gasteiger partial charge is 0.469 e. The van der Waals surface area contributed by atoms with Crippen molar-refractivity contribution in [1.82, 2.24) is 5.32 Å². The minimum atomic E-state index is -3.60. The molecule has 3 aromatic carbocycles. The number of carbonyl (C=O) groups is 2. The van der Waals surface area contributed by atoms with Crippen molar-refractivity contribution in [3.05, 3.63) is 108 Å². The van der Waals surface area contributed by atoms with Crippen LogP contribution in [-0.4, -0.2) is 38.2 Å². The lowest BCUT2D eigenvalue weighted by atomic mass is 9.99. The summed E-state index contributed by atoms with van der Waals surface area (Å²) >= 11 is 0. The zero-order valence-corrected chi connectivity index (χ0v) is 21.4. The highest BCUT2D eigenvalue weighted by Crippen LogP contribution is 2.53. The first-order chi connectivity index (χ1) is 17.4. The van der Waals surface area contributed by atoms with Gasteiger partial charge in [0, 0.05) is 13.3 Å². The van der Waals surface area contributed by atoms with E-state index in [0.29, 0.717) is 6.42 Å². The molecular weight excluding hydrogens is 477 g/mol. The highest BCUT2D eigenvalue weighted by Gasteiger charge is 2.44. The molecule has 0 bridgehead atoms. The number of hydrogen-bond acceptors (Lipinski definition) is 6. The number of rotatable bonds is 12. The molecule has 0 heterocycles. The van der Waals surface area contributed by atoms with E-state index < -0.39 is 31.1 Å². The van der Waals surface area contributed by atoms with Gasteiger partial charge in [0.2, 0.25) is 7.37 Å². The third-order valence-electron chi connectivity index (χ3n) is 5.95. The van der Waals surface area contributed by atoms with Gasteiger partial charge in [-0.15, -0.1) is 0 Å². The molecule has 1 amide bonds. The number of amides is 1. The summed E-state index contributed by atoms with van der Waals surface area (Å²) in [4.78, 5) is 25.8. The predicted octanol–water partition coefficient (Wildman–Crippen LogP) is 5.44. The van der Waals surface area contributed by atoms with Crippen molar-refractivity contribution in [2.45, 2.75) is 25.2 Å². The summed E-state index contributed by atoms with van der Waals surface area (Å²) < 4.78 is 30.3. The van der Waals surface area contributed by atoms with Crippen molar-refractivity contribution in [3.8, 4) is 0 Å². The molecule has 7 nitrogen and oxygen atoms in total. The van der Waals surface area contributed by atoms with Crippen LogP contribution in [0.5, 0.6) is 0 Å². The zero-order chi connectivity index (χ0) is 25.8. The van der Waals surface area contributed by atoms with Crippen LogP contribution in [0, 0.1) is 5.92 Å². The van der Waals surface area contributed by atoms with Crippen LogP contribution in [0.1, 0.15) is 16.7 Å². The smallest absolute Gasteiger partial charge is 0.408 e. The quantitative estimate of drug-likeness (QED) is 0.258. The highest BCUT2D eigenvalue weighted by atomic mass is 31.2. The maximum absolute atomic E-state index is 14.2. The summed E-state index contributed by atoms with van der Waals surface area (Å²) in [6.07, 6.45) is -0.0136. The van der Waals surface area contributed by atoms with Crippen LogP contribution in [0.15, 0.2) is 91.0 Å². The van der Waals surface area contributed by atoms with Gasteiger partial charge in [-0.1, -0.05) is 91.0 Å². The standard InChI is InChI=1S/C28H32NO6P/c1-33-27(30)25(20-23-14-8-4-9-15-23)26(29-28(31)35-21-24-16-10-5-11-17-24)36(32,34-2)19-18-22-12-6-3-7-13-22/h3-17,25-26H,18-21H2,1-2H3,(H,29,31)/t25-,26+,36?/m0/s1. The van der Waals surface area contributed by atoms with E-state index in [2.05, 4.69) is 5.32 Å². The molecule has 0 aromatic heterocycles. The Morgan fingerprint density at radius 3 is 1.86 bits per heavy atom. The average Bonchev–Trinajstić information content (AvgIpc) is 2.93. The maximum Gasteiger partial charge on any atom is 0.408 e. The Hall–Kier alpha value is -3.41. The fraction of sp³-hybridized carbons (Fsp3) is 0.286. The Labute approximate surface area is 212 Å². The summed E-state index contributed by atoms with van der Waals surface area (Å²) in [5, 5.41) is 2.70. The fourth-order valence-electron chi connectivity index (χ4n) is 3.98. The van der Waals surface area contributed by atoms with E-state index in [1.165, 1.54) is 14.2 Å². The minimum absolute atomic E-state index is 0.0300. The minimum Gasteiger partial charge on any atom is -0.469 e. The number of nitrogens with one attached hydrogen (secondary N) is 1. The molecule has 0 aliphatic rings. The Kier molecular flexibility index (Phi) is 10.3. The molecule has 8 heteroatoms. The van der Waals surface area contributed by atoms with Gasteiger partial charge >= 0.3 is 12.1 Å². The Morgan fingerprint density at radius 2 is 1.33 bits per heavy atom. The highest BCUT2D eigenvalue weighted by molar-refractivity contribution is 7.59. The molecule has 3 rings (SSSR count). The Bertz CT molecular complexity index is 1140. The van der Waals surface area contributed by atoms with Crippen LogP contribution in [0.25, 0.3) is 0 Å². The predicted molar refractivity (Wildman–Crippen MR) is 139 cm³/mol. The molecule has 0 aliphatic heterocycles. The number of alkyl carbamates (subject to hydrolysis) is 1. The summed E-state index contributed by atoms with van der Waals surface area (Å²) in [7, 11) is -0.988. The monoisotopic (exact) mass is 509 g/mol. The number of ether oxygens (including phenoxy) is 2. The number of carbonyl (C=O) groups excluding carboxylic acids is 2. The van der Waals surface area contributed by atoms with Crippen molar-refractivity contribution in [3.63, 3.8) is 0 Å². The van der Waals surface area contributed by atoms with E-state index >= 15 is 0 Å². The molecule has 0 radical (unpaired) electrons. The molecule has 0 saturated carbocycles. The lowest BCUT2D eigenvalue weighted by Crippen LogP contribution is -2.45. The van der Waals surface area contributed by atoms with E-state index in [1.807, 2.05) is 91.0 Å². The van der Waals surface area contributed by atoms with Gasteiger partial charge in [-0.25, -0.2) is 4.79 Å². The summed E-state index contributed by atoms with van der Waals surface area (Å²) in [6.45, 7) is 0.0300. The molecule has 0 saturated heterocycles. The normalized spacial score (nSPS) is 14.2. The fourth-order valence-corrected chi connectivity index (χ4v) is 6.31. The van der Waals surface area contributed by atoms with Crippen molar-refractivity contribution >= 4 is 19.4 Å². The molecule has 1 unspecified atom stereocenters. The number of esters is 1. The van der Waals surface area contributed by atoms with Gasteiger partial charge < -0.3 is 19.3 Å². The van der Waals surface area contributed by atoms with Crippen molar-refractivity contribution in [2.75, 3.05) is 20.4 Å². The first-order valence-electron chi connectivity index (χ1n) is 11.7. The topological polar surface area (TPSA) is 90.9 Å². The van der Waals surface area contributed by atoms with Crippen LogP contribution < -0.4 is 5.32 Å². The Balaban J connectivity index is 1.88. The molecule has 0 fully saturated rings. The molecule has 0 aliphatic carbocycles. The van der Waals surface area contributed by atoms with Gasteiger partial charge in [0.05, 0.1) is 13.0 Å². The molecule has 3 aromatic rings. The summed E-state index contributed by atoms with van der Waals surface area (Å²) in [5.41, 5.74) is 2.61. The average molecular weight is 510 g/mol. The summed E-state index contributed by atoms with van der Waals surface area (Å²) in [6, 6.07) is 28.1. The first kappa shape index (κ1) is 27.2. The van der Waals surface area contributed by atoms with Crippen molar-refractivity contribution < 1.29 is 28.2 Å². The molecule has 190 valence electrons. The lowest BCUT2D eigenvalue weighted by Gasteiger charge is -2.32. The maximum atomic E-state index is 14.2. The van der Waals surface area contributed by atoms with Crippen molar-refractivity contribution in [1.29, 1.82) is 0 Å². The lowest BCUT2D eigenvalue weighted by molar-refractivity contribution is -0.145. The third-order valence-corrected chi connectivity index (χ3v) is 8.75. The van der Waals surface area contributed by atoms with Gasteiger partial charge in [-0.3, -0.25) is 9.36 Å². The van der Waals surface area contributed by atoms with E-state index in [4.69, 9.17) is 14.0 Å². The third kappa shape index (κ3) is 7.80. The first-order valence-corrected chi connectivity index (χ1v) is 13.6. The number of hydrogen-bond donors (Lipinski definition) is 1.